The van der Waals surface area contributed by atoms with Gasteiger partial charge in [0, 0.05) is 29.4 Å². The van der Waals surface area contributed by atoms with Crippen LogP contribution in [0.2, 0.25) is 5.02 Å². The maximum Gasteiger partial charge on any atom is 0.288 e. The third-order valence-electron chi connectivity index (χ3n) is 3.94. The van der Waals surface area contributed by atoms with Gasteiger partial charge in [-0.2, -0.15) is 0 Å². The Morgan fingerprint density at radius 3 is 2.48 bits per heavy atom. The Balaban J connectivity index is 1.63. The summed E-state index contributed by atoms with van der Waals surface area (Å²) in [5.74, 6) is -0.324. The monoisotopic (exact) mass is 385 g/mol. The molecule has 2 aromatic carbocycles. The van der Waals surface area contributed by atoms with Crippen molar-refractivity contribution in [2.24, 2.45) is 5.92 Å². The van der Waals surface area contributed by atoms with Gasteiger partial charge in [-0.1, -0.05) is 23.7 Å². The molecule has 0 heterocycles. The van der Waals surface area contributed by atoms with Crippen LogP contribution in [0.1, 0.15) is 18.4 Å². The lowest BCUT2D eigenvalue weighted by Gasteiger charge is -2.07. The summed E-state index contributed by atoms with van der Waals surface area (Å²) in [6.45, 7) is 0. The fraction of sp³-hybridized carbons (Fsp3) is 0.158. The molecule has 27 heavy (non-hydrogen) atoms. The number of rotatable bonds is 6. The van der Waals surface area contributed by atoms with Crippen molar-refractivity contribution in [3.63, 3.8) is 0 Å². The van der Waals surface area contributed by atoms with E-state index in [0.717, 1.165) is 12.8 Å². The molecule has 0 atom stereocenters. The molecule has 1 aliphatic rings. The highest BCUT2D eigenvalue weighted by atomic mass is 35.5. The van der Waals surface area contributed by atoms with Crippen LogP contribution in [0.25, 0.3) is 6.08 Å². The Morgan fingerprint density at radius 2 is 1.81 bits per heavy atom. The highest BCUT2D eigenvalue weighted by Crippen LogP contribution is 2.30. The number of anilines is 2. The molecule has 2 amide bonds. The largest absolute Gasteiger partial charge is 0.326 e. The minimum Gasteiger partial charge on any atom is -0.326 e. The molecule has 1 fully saturated rings. The lowest BCUT2D eigenvalue weighted by atomic mass is 10.2. The predicted molar refractivity (Wildman–Crippen MR) is 104 cm³/mol. The van der Waals surface area contributed by atoms with Gasteiger partial charge in [0.2, 0.25) is 11.8 Å². The molecule has 0 saturated heterocycles. The number of nitrogens with one attached hydrogen (secondary N) is 2. The van der Waals surface area contributed by atoms with Gasteiger partial charge in [-0.05, 0) is 48.7 Å². The molecule has 0 aliphatic heterocycles. The van der Waals surface area contributed by atoms with Crippen LogP contribution in [0.4, 0.5) is 17.1 Å². The summed E-state index contributed by atoms with van der Waals surface area (Å²) < 4.78 is 0. The zero-order valence-corrected chi connectivity index (χ0v) is 14.9. The first-order chi connectivity index (χ1) is 12.9. The third kappa shape index (κ3) is 5.15. The molecular formula is C19H16ClN3O4. The number of nitrogens with zero attached hydrogens (tertiary/aromatic N) is 1. The van der Waals surface area contributed by atoms with Crippen molar-refractivity contribution in [2.45, 2.75) is 12.8 Å². The molecule has 2 aromatic rings. The lowest BCUT2D eigenvalue weighted by molar-refractivity contribution is -0.384. The second-order valence-electron chi connectivity index (χ2n) is 6.13. The number of hydrogen-bond acceptors (Lipinski definition) is 4. The number of hydrogen-bond donors (Lipinski definition) is 2. The van der Waals surface area contributed by atoms with Crippen LogP contribution < -0.4 is 10.6 Å². The van der Waals surface area contributed by atoms with E-state index >= 15 is 0 Å². The van der Waals surface area contributed by atoms with E-state index in [1.165, 1.54) is 24.3 Å². The number of nitro benzene ring substituents is 1. The average Bonchev–Trinajstić information content (AvgIpc) is 3.46. The lowest BCUT2D eigenvalue weighted by Crippen LogP contribution is -2.14. The van der Waals surface area contributed by atoms with Crippen molar-refractivity contribution in [3.05, 3.63) is 69.2 Å². The van der Waals surface area contributed by atoms with Crippen molar-refractivity contribution in [2.75, 3.05) is 10.6 Å². The maximum atomic E-state index is 12.1. The van der Waals surface area contributed by atoms with Crippen LogP contribution in [-0.2, 0) is 9.59 Å². The smallest absolute Gasteiger partial charge is 0.288 e. The van der Waals surface area contributed by atoms with Crippen molar-refractivity contribution in [1.82, 2.24) is 0 Å². The molecule has 7 nitrogen and oxygen atoms in total. The van der Waals surface area contributed by atoms with E-state index in [-0.39, 0.29) is 22.5 Å². The fourth-order valence-electron chi connectivity index (χ4n) is 2.39. The molecular weight excluding hydrogens is 370 g/mol. The molecule has 3 rings (SSSR count). The minimum atomic E-state index is -0.582. The highest BCUT2D eigenvalue weighted by molar-refractivity contribution is 6.32. The summed E-state index contributed by atoms with van der Waals surface area (Å²) in [4.78, 5) is 34.2. The molecule has 8 heteroatoms. The zero-order chi connectivity index (χ0) is 19.4. The Hall–Kier alpha value is -3.19. The quantitative estimate of drug-likeness (QED) is 0.441. The summed E-state index contributed by atoms with van der Waals surface area (Å²) in [6, 6.07) is 11.1. The van der Waals surface area contributed by atoms with Crippen molar-refractivity contribution < 1.29 is 14.5 Å². The molecule has 2 N–H and O–H groups in total. The van der Waals surface area contributed by atoms with Gasteiger partial charge in [0.1, 0.15) is 5.02 Å². The highest BCUT2D eigenvalue weighted by Gasteiger charge is 2.29. The number of amides is 2. The van der Waals surface area contributed by atoms with Crippen LogP contribution in [0, 0.1) is 16.0 Å². The second kappa shape index (κ2) is 8.01. The minimum absolute atomic E-state index is 0.0114. The first-order valence-corrected chi connectivity index (χ1v) is 8.64. The SMILES string of the molecule is O=C(/C=C/c1ccc(Cl)c([N+](=O)[O-])c1)Nc1cccc(NC(=O)C2CC2)c1. The molecule has 0 unspecified atom stereocenters. The number of carbonyl (C=O) groups excluding carboxylic acids is 2. The Bertz CT molecular complexity index is 938. The van der Waals surface area contributed by atoms with Gasteiger partial charge >= 0.3 is 0 Å². The van der Waals surface area contributed by atoms with E-state index in [1.807, 2.05) is 0 Å². The Morgan fingerprint density at radius 1 is 1.11 bits per heavy atom. The van der Waals surface area contributed by atoms with E-state index in [2.05, 4.69) is 10.6 Å². The Labute approximate surface area is 160 Å². The third-order valence-corrected chi connectivity index (χ3v) is 4.26. The number of nitro groups is 1. The Kier molecular flexibility index (Phi) is 5.52. The first kappa shape index (κ1) is 18.6. The van der Waals surface area contributed by atoms with Gasteiger partial charge in [-0.3, -0.25) is 19.7 Å². The summed E-state index contributed by atoms with van der Waals surface area (Å²) in [5, 5.41) is 16.4. The molecule has 0 bridgehead atoms. The van der Waals surface area contributed by atoms with Crippen molar-refractivity contribution in [3.8, 4) is 0 Å². The molecule has 0 spiro atoms. The van der Waals surface area contributed by atoms with Gasteiger partial charge in [0.05, 0.1) is 4.92 Å². The number of benzene rings is 2. The number of carbonyl (C=O) groups is 2. The topological polar surface area (TPSA) is 101 Å². The van der Waals surface area contributed by atoms with Gasteiger partial charge in [0.25, 0.3) is 5.69 Å². The molecule has 0 radical (unpaired) electrons. The molecule has 138 valence electrons. The fourth-order valence-corrected chi connectivity index (χ4v) is 2.58. The predicted octanol–water partition coefficient (Wildman–Crippen LogP) is 4.25. The van der Waals surface area contributed by atoms with E-state index in [1.54, 1.807) is 30.3 Å². The van der Waals surface area contributed by atoms with Crippen LogP contribution in [0.5, 0.6) is 0 Å². The summed E-state index contributed by atoms with van der Waals surface area (Å²) >= 11 is 5.76. The molecule has 1 saturated carbocycles. The normalized spacial score (nSPS) is 13.4. The van der Waals surface area contributed by atoms with Crippen LogP contribution in [0.15, 0.2) is 48.5 Å². The van der Waals surface area contributed by atoms with E-state index in [0.29, 0.717) is 16.9 Å². The summed E-state index contributed by atoms with van der Waals surface area (Å²) in [7, 11) is 0. The first-order valence-electron chi connectivity index (χ1n) is 8.26. The van der Waals surface area contributed by atoms with Crippen LogP contribution >= 0.6 is 11.6 Å². The van der Waals surface area contributed by atoms with Crippen LogP contribution in [0.3, 0.4) is 0 Å². The summed E-state index contributed by atoms with van der Waals surface area (Å²) in [5.41, 5.74) is 1.40. The number of halogens is 1. The van der Waals surface area contributed by atoms with Gasteiger partial charge in [0.15, 0.2) is 0 Å². The standard InChI is InChI=1S/C19H16ClN3O4/c20-16-8-4-12(10-17(16)23(26)27)5-9-18(24)21-14-2-1-3-15(11-14)22-19(25)13-6-7-13/h1-5,8-11,13H,6-7H2,(H,21,24)(H,22,25)/b9-5+. The van der Waals surface area contributed by atoms with Gasteiger partial charge < -0.3 is 10.6 Å². The average molecular weight is 386 g/mol. The van der Waals surface area contributed by atoms with E-state index in [9.17, 15) is 19.7 Å². The zero-order valence-electron chi connectivity index (χ0n) is 14.1. The van der Waals surface area contributed by atoms with Gasteiger partial charge in [-0.15, -0.1) is 0 Å². The van der Waals surface area contributed by atoms with Crippen molar-refractivity contribution in [1.29, 1.82) is 0 Å². The molecule has 1 aliphatic carbocycles. The van der Waals surface area contributed by atoms with E-state index < -0.39 is 10.8 Å². The second-order valence-corrected chi connectivity index (χ2v) is 6.54. The van der Waals surface area contributed by atoms with Crippen LogP contribution in [-0.4, -0.2) is 16.7 Å². The summed E-state index contributed by atoms with van der Waals surface area (Å²) in [6.07, 6.45) is 4.55. The molecule has 0 aromatic heterocycles. The van der Waals surface area contributed by atoms with E-state index in [4.69, 9.17) is 11.6 Å². The maximum absolute atomic E-state index is 12.1. The van der Waals surface area contributed by atoms with Gasteiger partial charge in [-0.25, -0.2) is 0 Å². The van der Waals surface area contributed by atoms with Crippen molar-refractivity contribution >= 4 is 46.6 Å².